The summed E-state index contributed by atoms with van der Waals surface area (Å²) in [5, 5.41) is 4.55. The predicted molar refractivity (Wildman–Crippen MR) is 87.3 cm³/mol. The highest BCUT2D eigenvalue weighted by Crippen LogP contribution is 2.29. The van der Waals surface area contributed by atoms with Gasteiger partial charge in [-0.15, -0.1) is 11.3 Å². The first kappa shape index (κ1) is 16.7. The molecule has 0 bridgehead atoms. The van der Waals surface area contributed by atoms with Gasteiger partial charge in [-0.05, 0) is 20.3 Å². The maximum Gasteiger partial charge on any atom is 0.186 e. The number of ether oxygens (including phenoxy) is 2. The van der Waals surface area contributed by atoms with Crippen LogP contribution in [0.15, 0.2) is 0 Å². The lowest BCUT2D eigenvalue weighted by atomic mass is 10.2. The lowest BCUT2D eigenvalue weighted by molar-refractivity contribution is -0.00523. The average molecular weight is 313 g/mol. The molecule has 0 spiro atoms. The van der Waals surface area contributed by atoms with Crippen molar-refractivity contribution in [2.24, 2.45) is 0 Å². The lowest BCUT2D eigenvalue weighted by Crippen LogP contribution is -2.45. The molecule has 2 unspecified atom stereocenters. The van der Waals surface area contributed by atoms with E-state index in [2.05, 4.69) is 31.0 Å². The van der Waals surface area contributed by atoms with Crippen LogP contribution in [-0.4, -0.2) is 50.5 Å². The zero-order valence-electron chi connectivity index (χ0n) is 13.5. The van der Waals surface area contributed by atoms with Gasteiger partial charge in [-0.1, -0.05) is 6.92 Å². The minimum Gasteiger partial charge on any atom is -0.383 e. The summed E-state index contributed by atoms with van der Waals surface area (Å²) in [6.45, 7) is 10.8. The number of nitrogens with one attached hydrogen (secondary N) is 1. The molecule has 0 aromatic carbocycles. The van der Waals surface area contributed by atoms with Crippen LogP contribution in [0.4, 0.5) is 5.13 Å². The van der Waals surface area contributed by atoms with Crippen molar-refractivity contribution in [1.29, 1.82) is 0 Å². The molecule has 0 radical (unpaired) electrons. The van der Waals surface area contributed by atoms with Crippen molar-refractivity contribution >= 4 is 16.5 Å². The molecule has 1 saturated heterocycles. The number of hydrogen-bond donors (Lipinski definition) is 1. The fourth-order valence-corrected chi connectivity index (χ4v) is 3.77. The summed E-state index contributed by atoms with van der Waals surface area (Å²) in [5.74, 6) is 0. The number of nitrogens with zero attached hydrogens (tertiary/aromatic N) is 2. The van der Waals surface area contributed by atoms with E-state index in [9.17, 15) is 0 Å². The third kappa shape index (κ3) is 4.64. The van der Waals surface area contributed by atoms with Gasteiger partial charge < -0.3 is 19.7 Å². The van der Waals surface area contributed by atoms with E-state index in [0.29, 0.717) is 0 Å². The van der Waals surface area contributed by atoms with Crippen LogP contribution in [0.1, 0.15) is 31.3 Å². The fraction of sp³-hybridized carbons (Fsp3) is 0.800. The SMILES string of the molecule is CCc1nc(N2CC(C)OC(C)C2)sc1CNCCOC. The summed E-state index contributed by atoms with van der Waals surface area (Å²) in [7, 11) is 1.73. The third-order valence-electron chi connectivity index (χ3n) is 3.56. The molecule has 5 nitrogen and oxygen atoms in total. The Bertz CT molecular complexity index is 429. The molecular weight excluding hydrogens is 286 g/mol. The van der Waals surface area contributed by atoms with Crippen LogP contribution in [0.25, 0.3) is 0 Å². The number of anilines is 1. The minimum atomic E-state index is 0.269. The van der Waals surface area contributed by atoms with Crippen molar-refractivity contribution in [3.8, 4) is 0 Å². The molecule has 1 aromatic heterocycles. The van der Waals surface area contributed by atoms with Gasteiger partial charge >= 0.3 is 0 Å². The molecular formula is C15H27N3O2S. The topological polar surface area (TPSA) is 46.6 Å². The van der Waals surface area contributed by atoms with E-state index >= 15 is 0 Å². The molecule has 0 amide bonds. The van der Waals surface area contributed by atoms with Crippen LogP contribution in [0.3, 0.4) is 0 Å². The summed E-state index contributed by atoms with van der Waals surface area (Å²) < 4.78 is 10.9. The zero-order valence-corrected chi connectivity index (χ0v) is 14.3. The highest BCUT2D eigenvalue weighted by molar-refractivity contribution is 7.15. The Labute approximate surface area is 131 Å². The van der Waals surface area contributed by atoms with Gasteiger partial charge in [0.1, 0.15) is 0 Å². The molecule has 2 heterocycles. The Balaban J connectivity index is 2.01. The molecule has 2 atom stereocenters. The van der Waals surface area contributed by atoms with Gasteiger partial charge in [0, 0.05) is 38.2 Å². The Hall–Kier alpha value is -0.690. The molecule has 1 aliphatic rings. The van der Waals surface area contributed by atoms with Gasteiger partial charge in [0.25, 0.3) is 0 Å². The first-order valence-electron chi connectivity index (χ1n) is 7.72. The number of aryl methyl sites for hydroxylation is 1. The molecule has 120 valence electrons. The second-order valence-electron chi connectivity index (χ2n) is 5.55. The molecule has 1 aromatic rings. The van der Waals surface area contributed by atoms with Crippen LogP contribution < -0.4 is 10.2 Å². The van der Waals surface area contributed by atoms with Crippen LogP contribution in [0.2, 0.25) is 0 Å². The molecule has 21 heavy (non-hydrogen) atoms. The first-order valence-corrected chi connectivity index (χ1v) is 8.54. The van der Waals surface area contributed by atoms with Gasteiger partial charge in [-0.2, -0.15) is 0 Å². The largest absolute Gasteiger partial charge is 0.383 e. The van der Waals surface area contributed by atoms with E-state index in [1.807, 2.05) is 11.3 Å². The predicted octanol–water partition coefficient (Wildman–Crippen LogP) is 2.06. The number of morpholine rings is 1. The van der Waals surface area contributed by atoms with Crippen molar-refractivity contribution in [2.45, 2.75) is 45.9 Å². The Kier molecular flexibility index (Phi) is 6.41. The number of hydrogen-bond acceptors (Lipinski definition) is 6. The highest BCUT2D eigenvalue weighted by Gasteiger charge is 2.25. The summed E-state index contributed by atoms with van der Waals surface area (Å²) in [6.07, 6.45) is 1.52. The van der Waals surface area contributed by atoms with Gasteiger partial charge in [-0.25, -0.2) is 4.98 Å². The van der Waals surface area contributed by atoms with E-state index in [1.165, 1.54) is 10.6 Å². The second kappa shape index (κ2) is 8.08. The van der Waals surface area contributed by atoms with Gasteiger partial charge in [0.05, 0.1) is 24.5 Å². The fourth-order valence-electron chi connectivity index (χ4n) is 2.63. The summed E-state index contributed by atoms with van der Waals surface area (Å²) in [6, 6.07) is 0. The van der Waals surface area contributed by atoms with E-state index in [4.69, 9.17) is 14.5 Å². The third-order valence-corrected chi connectivity index (χ3v) is 4.72. The molecule has 6 heteroatoms. The van der Waals surface area contributed by atoms with Crippen molar-refractivity contribution in [2.75, 3.05) is 38.3 Å². The van der Waals surface area contributed by atoms with Crippen LogP contribution in [0.5, 0.6) is 0 Å². The smallest absolute Gasteiger partial charge is 0.186 e. The lowest BCUT2D eigenvalue weighted by Gasteiger charge is -2.35. The Morgan fingerprint density at radius 2 is 2.10 bits per heavy atom. The first-order chi connectivity index (χ1) is 10.1. The minimum absolute atomic E-state index is 0.269. The van der Waals surface area contributed by atoms with Gasteiger partial charge in [0.2, 0.25) is 0 Å². The van der Waals surface area contributed by atoms with Crippen molar-refractivity contribution in [3.05, 3.63) is 10.6 Å². The average Bonchev–Trinajstić information content (AvgIpc) is 2.86. The molecule has 1 fully saturated rings. The molecule has 0 aliphatic carbocycles. The Morgan fingerprint density at radius 1 is 1.38 bits per heavy atom. The standard InChI is InChI=1S/C15H27N3O2S/c1-5-13-14(8-16-6-7-19-4)21-15(17-13)18-9-11(2)20-12(3)10-18/h11-12,16H,5-10H2,1-4H3. The quantitative estimate of drug-likeness (QED) is 0.781. The highest BCUT2D eigenvalue weighted by atomic mass is 32.1. The van der Waals surface area contributed by atoms with Crippen molar-refractivity contribution in [1.82, 2.24) is 10.3 Å². The summed E-state index contributed by atoms with van der Waals surface area (Å²) >= 11 is 1.81. The summed E-state index contributed by atoms with van der Waals surface area (Å²) in [5.41, 5.74) is 1.21. The second-order valence-corrected chi connectivity index (χ2v) is 6.61. The number of methoxy groups -OCH3 is 1. The van der Waals surface area contributed by atoms with Crippen molar-refractivity contribution < 1.29 is 9.47 Å². The van der Waals surface area contributed by atoms with E-state index < -0.39 is 0 Å². The maximum absolute atomic E-state index is 5.80. The normalized spacial score (nSPS) is 22.8. The van der Waals surface area contributed by atoms with Crippen LogP contribution >= 0.6 is 11.3 Å². The summed E-state index contributed by atoms with van der Waals surface area (Å²) in [4.78, 5) is 8.54. The van der Waals surface area contributed by atoms with E-state index in [0.717, 1.165) is 44.3 Å². The Morgan fingerprint density at radius 3 is 2.71 bits per heavy atom. The zero-order chi connectivity index (χ0) is 15.2. The van der Waals surface area contributed by atoms with E-state index in [1.54, 1.807) is 7.11 Å². The van der Waals surface area contributed by atoms with E-state index in [-0.39, 0.29) is 12.2 Å². The number of thiazole rings is 1. The molecule has 0 saturated carbocycles. The monoisotopic (exact) mass is 313 g/mol. The number of aromatic nitrogens is 1. The number of rotatable bonds is 7. The maximum atomic E-state index is 5.80. The van der Waals surface area contributed by atoms with Gasteiger partial charge in [0.15, 0.2) is 5.13 Å². The molecule has 1 N–H and O–H groups in total. The van der Waals surface area contributed by atoms with Crippen LogP contribution in [-0.2, 0) is 22.4 Å². The molecule has 2 rings (SSSR count). The van der Waals surface area contributed by atoms with Gasteiger partial charge in [-0.3, -0.25) is 0 Å². The molecule has 1 aliphatic heterocycles. The van der Waals surface area contributed by atoms with Crippen LogP contribution in [0, 0.1) is 0 Å². The van der Waals surface area contributed by atoms with Crippen molar-refractivity contribution in [3.63, 3.8) is 0 Å².